The lowest BCUT2D eigenvalue weighted by Crippen LogP contribution is -2.38. The molecule has 10 heteroatoms. The van der Waals surface area contributed by atoms with Crippen LogP contribution in [0.2, 0.25) is 0 Å². The molecule has 1 aliphatic carbocycles. The zero-order chi connectivity index (χ0) is 23.2. The number of anilines is 1. The molecule has 0 saturated heterocycles. The predicted octanol–water partition coefficient (Wildman–Crippen LogP) is 3.50. The number of sulfone groups is 1. The zero-order valence-electron chi connectivity index (χ0n) is 18.4. The van der Waals surface area contributed by atoms with Gasteiger partial charge in [0.05, 0.1) is 42.4 Å². The van der Waals surface area contributed by atoms with Crippen molar-refractivity contribution in [3.05, 3.63) is 40.3 Å². The first-order valence-electron chi connectivity index (χ1n) is 10.4. The number of ether oxygens (including phenoxy) is 2. The Balaban J connectivity index is 1.77. The Morgan fingerprint density at radius 2 is 1.81 bits per heavy atom. The minimum Gasteiger partial charge on any atom is -0.493 e. The summed E-state index contributed by atoms with van der Waals surface area (Å²) in [5.74, 6) is -0.426. The number of methoxy groups -OCH3 is 2. The van der Waals surface area contributed by atoms with E-state index in [1.807, 2.05) is 13.8 Å². The molecular weight excluding hydrogens is 452 g/mol. The molecule has 0 radical (unpaired) electrons. The third kappa shape index (κ3) is 3.97. The summed E-state index contributed by atoms with van der Waals surface area (Å²) in [6.45, 7) is 3.89. The van der Waals surface area contributed by atoms with Crippen LogP contribution in [0.15, 0.2) is 23.6 Å². The van der Waals surface area contributed by atoms with Gasteiger partial charge in [0.1, 0.15) is 5.00 Å². The normalized spacial score (nSPS) is 17.0. The fraction of sp³-hybridized carbons (Fsp3) is 0.455. The maximum absolute atomic E-state index is 13.5. The highest BCUT2D eigenvalue weighted by Gasteiger charge is 2.47. The van der Waals surface area contributed by atoms with E-state index in [4.69, 9.17) is 9.47 Å². The number of nitrogens with zero attached hydrogens (tertiary/aromatic N) is 1. The van der Waals surface area contributed by atoms with Crippen LogP contribution in [0.4, 0.5) is 5.00 Å². The van der Waals surface area contributed by atoms with Crippen molar-refractivity contribution in [3.63, 3.8) is 0 Å². The minimum absolute atomic E-state index is 0.0755. The molecule has 1 fully saturated rings. The molecule has 0 spiro atoms. The molecule has 4 rings (SSSR count). The Kier molecular flexibility index (Phi) is 5.93. The van der Waals surface area contributed by atoms with Crippen molar-refractivity contribution in [2.45, 2.75) is 44.0 Å². The summed E-state index contributed by atoms with van der Waals surface area (Å²) in [7, 11) is -0.507. The summed E-state index contributed by atoms with van der Waals surface area (Å²) in [6, 6.07) is 4.06. The molecule has 32 heavy (non-hydrogen) atoms. The Morgan fingerprint density at radius 1 is 1.12 bits per heavy atom. The van der Waals surface area contributed by atoms with Gasteiger partial charge in [0.2, 0.25) is 0 Å². The number of hydrogen-bond acceptors (Lipinski definition) is 8. The third-order valence-corrected chi connectivity index (χ3v) is 8.80. The van der Waals surface area contributed by atoms with E-state index in [9.17, 15) is 18.0 Å². The van der Waals surface area contributed by atoms with Gasteiger partial charge in [-0.2, -0.15) is 0 Å². The van der Waals surface area contributed by atoms with Crippen LogP contribution in [0, 0.1) is 0 Å². The smallest absolute Gasteiger partial charge is 0.265 e. The first-order chi connectivity index (χ1) is 15.2. The number of imide groups is 1. The Morgan fingerprint density at radius 3 is 2.41 bits per heavy atom. The molecule has 1 saturated carbocycles. The number of rotatable bonds is 9. The van der Waals surface area contributed by atoms with Crippen molar-refractivity contribution < 1.29 is 27.5 Å². The van der Waals surface area contributed by atoms with E-state index >= 15 is 0 Å². The summed E-state index contributed by atoms with van der Waals surface area (Å²) < 4.78 is 36.5. The zero-order valence-corrected chi connectivity index (χ0v) is 20.0. The first-order valence-corrected chi connectivity index (χ1v) is 13.0. The van der Waals surface area contributed by atoms with E-state index in [1.165, 1.54) is 25.6 Å². The second kappa shape index (κ2) is 8.40. The highest BCUT2D eigenvalue weighted by atomic mass is 32.2. The molecule has 8 nitrogen and oxygen atoms in total. The van der Waals surface area contributed by atoms with Crippen molar-refractivity contribution in [1.82, 2.24) is 4.90 Å². The van der Waals surface area contributed by atoms with E-state index in [-0.39, 0.29) is 11.8 Å². The second-order valence-electron chi connectivity index (χ2n) is 8.29. The van der Waals surface area contributed by atoms with Crippen LogP contribution in [0.1, 0.15) is 59.0 Å². The Bertz CT molecular complexity index is 1170. The molecule has 2 amide bonds. The number of fused-ring (bicyclic) bond motifs is 1. The van der Waals surface area contributed by atoms with Crippen molar-refractivity contribution >= 4 is 38.0 Å². The van der Waals surface area contributed by atoms with Gasteiger partial charge < -0.3 is 14.8 Å². The van der Waals surface area contributed by atoms with E-state index in [1.54, 1.807) is 23.6 Å². The lowest BCUT2D eigenvalue weighted by molar-refractivity contribution is 0.0597. The molecular formula is C22H26N2O6S2. The van der Waals surface area contributed by atoms with Crippen molar-refractivity contribution in [2.75, 3.05) is 25.3 Å². The van der Waals surface area contributed by atoms with Crippen molar-refractivity contribution in [1.29, 1.82) is 0 Å². The molecule has 1 unspecified atom stereocenters. The molecule has 0 bridgehead atoms. The standard InChI is InChI=1S/C22H26N2O6S2/c1-12(2)23-20-19-15(10-31-20)21(25)24(22(19)26)16(11-32(27,28)14-6-7-14)13-5-8-17(29-3)18(9-13)30-4/h5,8-10,12,14,16,23H,6-7,11H2,1-4H3. The van der Waals surface area contributed by atoms with Crippen molar-refractivity contribution in [2.24, 2.45) is 0 Å². The van der Waals surface area contributed by atoms with Gasteiger partial charge in [-0.1, -0.05) is 6.07 Å². The number of benzene rings is 1. The van der Waals surface area contributed by atoms with E-state index in [0.717, 1.165) is 4.90 Å². The number of nitrogens with one attached hydrogen (secondary N) is 1. The number of hydrogen-bond donors (Lipinski definition) is 1. The lowest BCUT2D eigenvalue weighted by Gasteiger charge is -2.27. The molecule has 2 aromatic rings. The number of carbonyl (C=O) groups is 2. The van der Waals surface area contributed by atoms with E-state index in [2.05, 4.69) is 5.32 Å². The van der Waals surface area contributed by atoms with Crippen LogP contribution in [0.25, 0.3) is 0 Å². The van der Waals surface area contributed by atoms with Gasteiger partial charge in [0.15, 0.2) is 21.3 Å². The topological polar surface area (TPSA) is 102 Å². The molecule has 2 aliphatic rings. The minimum atomic E-state index is -3.48. The highest BCUT2D eigenvalue weighted by molar-refractivity contribution is 7.92. The van der Waals surface area contributed by atoms with Crippen LogP contribution in [-0.4, -0.2) is 56.4 Å². The van der Waals surface area contributed by atoms with Gasteiger partial charge in [0.25, 0.3) is 11.8 Å². The maximum atomic E-state index is 13.5. The molecule has 1 aromatic carbocycles. The lowest BCUT2D eigenvalue weighted by atomic mass is 10.1. The van der Waals surface area contributed by atoms with Gasteiger partial charge in [-0.05, 0) is 44.4 Å². The second-order valence-corrected chi connectivity index (χ2v) is 11.5. The monoisotopic (exact) mass is 478 g/mol. The highest BCUT2D eigenvalue weighted by Crippen LogP contribution is 2.42. The Labute approximate surface area is 191 Å². The molecule has 172 valence electrons. The number of carbonyl (C=O) groups excluding carboxylic acids is 2. The molecule has 1 N–H and O–H groups in total. The van der Waals surface area contributed by atoms with Crippen LogP contribution in [0.3, 0.4) is 0 Å². The molecule has 2 heterocycles. The van der Waals surface area contributed by atoms with Gasteiger partial charge >= 0.3 is 0 Å². The molecule has 1 aromatic heterocycles. The Hall–Kier alpha value is -2.59. The fourth-order valence-corrected chi connectivity index (χ4v) is 6.87. The predicted molar refractivity (Wildman–Crippen MR) is 123 cm³/mol. The van der Waals surface area contributed by atoms with Crippen LogP contribution < -0.4 is 14.8 Å². The van der Waals surface area contributed by atoms with Gasteiger partial charge in [0, 0.05) is 11.4 Å². The molecule has 1 aliphatic heterocycles. The summed E-state index contributed by atoms with van der Waals surface area (Å²) in [5, 5.41) is 5.07. The fourth-order valence-electron chi connectivity index (χ4n) is 3.88. The largest absolute Gasteiger partial charge is 0.493 e. The average molecular weight is 479 g/mol. The van der Waals surface area contributed by atoms with Gasteiger partial charge in [-0.15, -0.1) is 11.3 Å². The van der Waals surface area contributed by atoms with Gasteiger partial charge in [-0.25, -0.2) is 8.42 Å². The number of amides is 2. The third-order valence-electron chi connectivity index (χ3n) is 5.62. The average Bonchev–Trinajstić information content (AvgIpc) is 3.49. The quantitative estimate of drug-likeness (QED) is 0.550. The van der Waals surface area contributed by atoms with E-state index < -0.39 is 32.9 Å². The van der Waals surface area contributed by atoms with E-state index in [0.29, 0.717) is 46.0 Å². The van der Waals surface area contributed by atoms with Gasteiger partial charge in [-0.3, -0.25) is 14.5 Å². The SMILES string of the molecule is COc1ccc(C(CS(=O)(=O)C2CC2)N2C(=O)c3csc(NC(C)C)c3C2=O)cc1OC. The van der Waals surface area contributed by atoms with Crippen molar-refractivity contribution in [3.8, 4) is 11.5 Å². The maximum Gasteiger partial charge on any atom is 0.265 e. The summed E-state index contributed by atoms with van der Waals surface area (Å²) in [5.41, 5.74) is 1.11. The first kappa shape index (κ1) is 22.6. The summed E-state index contributed by atoms with van der Waals surface area (Å²) >= 11 is 1.30. The van der Waals surface area contributed by atoms with Crippen LogP contribution in [-0.2, 0) is 9.84 Å². The summed E-state index contributed by atoms with van der Waals surface area (Å²) in [6.07, 6.45) is 1.22. The molecule has 1 atom stereocenters. The number of thiophene rings is 1. The van der Waals surface area contributed by atoms with Crippen LogP contribution >= 0.6 is 11.3 Å². The summed E-state index contributed by atoms with van der Waals surface area (Å²) in [4.78, 5) is 27.8. The van der Waals surface area contributed by atoms with Crippen LogP contribution in [0.5, 0.6) is 11.5 Å².